The van der Waals surface area contributed by atoms with Crippen LogP contribution in [0.1, 0.15) is 26.7 Å². The van der Waals surface area contributed by atoms with Gasteiger partial charge in [-0.05, 0) is 12.3 Å². The van der Waals surface area contributed by atoms with Crippen molar-refractivity contribution < 1.29 is 14.4 Å². The van der Waals surface area contributed by atoms with Gasteiger partial charge in [-0.3, -0.25) is 9.59 Å². The third kappa shape index (κ3) is 4.42. The van der Waals surface area contributed by atoms with Crippen molar-refractivity contribution in [2.24, 2.45) is 11.7 Å². The highest BCUT2D eigenvalue weighted by Crippen LogP contribution is 2.12. The van der Waals surface area contributed by atoms with Crippen LogP contribution >= 0.6 is 0 Å². The number of hydrogen-bond donors (Lipinski definition) is 3. The average Bonchev–Trinajstić information content (AvgIpc) is 2.58. The first-order chi connectivity index (χ1) is 8.95. The summed E-state index contributed by atoms with van der Waals surface area (Å²) in [5.41, 5.74) is 5.11. The van der Waals surface area contributed by atoms with Crippen LogP contribution in [-0.4, -0.2) is 48.4 Å². The summed E-state index contributed by atoms with van der Waals surface area (Å²) in [5, 5.41) is 5.19. The summed E-state index contributed by atoms with van der Waals surface area (Å²) in [4.78, 5) is 36.4. The number of amides is 4. The van der Waals surface area contributed by atoms with Crippen LogP contribution in [0.5, 0.6) is 0 Å². The number of primary amides is 1. The van der Waals surface area contributed by atoms with Gasteiger partial charge in [-0.15, -0.1) is 0 Å². The van der Waals surface area contributed by atoms with Crippen LogP contribution in [0.4, 0.5) is 4.79 Å². The van der Waals surface area contributed by atoms with Crippen LogP contribution in [0.3, 0.4) is 0 Å². The Labute approximate surface area is 112 Å². The van der Waals surface area contributed by atoms with Gasteiger partial charge >= 0.3 is 6.03 Å². The molecule has 0 aliphatic carbocycles. The molecule has 0 aromatic rings. The molecule has 2 unspecified atom stereocenters. The second-order valence-electron chi connectivity index (χ2n) is 4.84. The molecular weight excluding hydrogens is 248 g/mol. The fourth-order valence-electron chi connectivity index (χ4n) is 2.03. The minimum Gasteiger partial charge on any atom is -0.354 e. The summed E-state index contributed by atoms with van der Waals surface area (Å²) in [6.07, 6.45) is 1.44. The number of nitrogens with two attached hydrogens (primary N) is 1. The highest BCUT2D eigenvalue weighted by atomic mass is 16.2. The van der Waals surface area contributed by atoms with E-state index in [0.29, 0.717) is 19.5 Å². The maximum atomic E-state index is 12.4. The lowest BCUT2D eigenvalue weighted by Gasteiger charge is -2.28. The van der Waals surface area contributed by atoms with Crippen molar-refractivity contribution in [2.75, 3.05) is 19.6 Å². The first-order valence-electron chi connectivity index (χ1n) is 6.57. The molecule has 0 aromatic heterocycles. The molecule has 0 saturated carbocycles. The first kappa shape index (κ1) is 15.3. The molecule has 1 fully saturated rings. The van der Waals surface area contributed by atoms with E-state index >= 15 is 0 Å². The molecule has 0 bridgehead atoms. The van der Waals surface area contributed by atoms with Crippen LogP contribution in [0.15, 0.2) is 0 Å². The number of urea groups is 1. The number of carbonyl (C=O) groups is 3. The third-order valence-corrected chi connectivity index (χ3v) is 3.35. The first-order valence-corrected chi connectivity index (χ1v) is 6.57. The van der Waals surface area contributed by atoms with Crippen LogP contribution in [0, 0.1) is 5.92 Å². The Balaban J connectivity index is 2.78. The molecular formula is C12H22N4O3. The van der Waals surface area contributed by atoms with Gasteiger partial charge in [0, 0.05) is 13.1 Å². The van der Waals surface area contributed by atoms with Gasteiger partial charge in [-0.1, -0.05) is 20.3 Å². The second kappa shape index (κ2) is 6.96. The zero-order chi connectivity index (χ0) is 14.4. The van der Waals surface area contributed by atoms with Crippen molar-refractivity contribution in [1.82, 2.24) is 15.5 Å². The SMILES string of the molecule is CCC(C)C(NC(N)=O)C(=O)N1CCCNC(=O)C1. The molecule has 1 aliphatic heterocycles. The van der Waals surface area contributed by atoms with Crippen molar-refractivity contribution in [3.8, 4) is 0 Å². The number of hydrogen-bond acceptors (Lipinski definition) is 3. The Morgan fingerprint density at radius 3 is 2.79 bits per heavy atom. The minimum absolute atomic E-state index is 0.0339. The van der Waals surface area contributed by atoms with E-state index in [4.69, 9.17) is 5.73 Å². The fraction of sp³-hybridized carbons (Fsp3) is 0.750. The maximum absolute atomic E-state index is 12.4. The van der Waals surface area contributed by atoms with Gasteiger partial charge in [-0.25, -0.2) is 4.79 Å². The summed E-state index contributed by atoms with van der Waals surface area (Å²) < 4.78 is 0. The Bertz CT molecular complexity index is 359. The summed E-state index contributed by atoms with van der Waals surface area (Å²) in [5.74, 6) is -0.454. The van der Waals surface area contributed by atoms with E-state index < -0.39 is 12.1 Å². The van der Waals surface area contributed by atoms with E-state index in [1.165, 1.54) is 4.90 Å². The summed E-state index contributed by atoms with van der Waals surface area (Å²) >= 11 is 0. The Morgan fingerprint density at radius 2 is 2.21 bits per heavy atom. The van der Waals surface area contributed by atoms with Gasteiger partial charge in [0.2, 0.25) is 11.8 Å². The topological polar surface area (TPSA) is 105 Å². The molecule has 108 valence electrons. The lowest BCUT2D eigenvalue weighted by Crippen LogP contribution is -2.54. The Hall–Kier alpha value is -1.79. The highest BCUT2D eigenvalue weighted by molar-refractivity contribution is 5.90. The third-order valence-electron chi connectivity index (χ3n) is 3.35. The molecule has 2 atom stereocenters. The molecule has 4 amide bonds. The van der Waals surface area contributed by atoms with E-state index in [2.05, 4.69) is 10.6 Å². The van der Waals surface area contributed by atoms with Crippen molar-refractivity contribution in [3.63, 3.8) is 0 Å². The lowest BCUT2D eigenvalue weighted by molar-refractivity contribution is -0.137. The lowest BCUT2D eigenvalue weighted by atomic mass is 9.98. The van der Waals surface area contributed by atoms with Crippen LogP contribution in [0.25, 0.3) is 0 Å². The largest absolute Gasteiger partial charge is 0.354 e. The highest BCUT2D eigenvalue weighted by Gasteiger charge is 2.30. The van der Waals surface area contributed by atoms with Crippen molar-refractivity contribution in [1.29, 1.82) is 0 Å². The Morgan fingerprint density at radius 1 is 1.53 bits per heavy atom. The average molecular weight is 270 g/mol. The summed E-state index contributed by atoms with van der Waals surface area (Å²) in [6.45, 7) is 4.91. The van der Waals surface area contributed by atoms with Crippen molar-refractivity contribution in [3.05, 3.63) is 0 Å². The molecule has 7 heteroatoms. The monoisotopic (exact) mass is 270 g/mol. The normalized spacial score (nSPS) is 19.1. The Kier molecular flexibility index (Phi) is 5.59. The van der Waals surface area contributed by atoms with Crippen LogP contribution in [-0.2, 0) is 9.59 Å². The standard InChI is InChI=1S/C12H22N4O3/c1-3-8(2)10(15-12(13)19)11(18)16-6-4-5-14-9(17)7-16/h8,10H,3-7H2,1-2H3,(H,14,17)(H3,13,15,19). The molecule has 1 saturated heterocycles. The van der Waals surface area contributed by atoms with E-state index in [-0.39, 0.29) is 24.3 Å². The minimum atomic E-state index is -0.724. The van der Waals surface area contributed by atoms with Gasteiger partial charge in [0.25, 0.3) is 0 Å². The van der Waals surface area contributed by atoms with E-state index in [0.717, 1.165) is 6.42 Å². The molecule has 7 nitrogen and oxygen atoms in total. The van der Waals surface area contributed by atoms with Crippen LogP contribution < -0.4 is 16.4 Å². The summed E-state index contributed by atoms with van der Waals surface area (Å²) in [6, 6.07) is -1.40. The molecule has 0 aromatic carbocycles. The predicted molar refractivity (Wildman–Crippen MR) is 70.2 cm³/mol. The van der Waals surface area contributed by atoms with Gasteiger partial charge in [0.1, 0.15) is 6.04 Å². The quantitative estimate of drug-likeness (QED) is 0.636. The second-order valence-corrected chi connectivity index (χ2v) is 4.84. The molecule has 0 spiro atoms. The van der Waals surface area contributed by atoms with Gasteiger partial charge in [0.05, 0.1) is 6.54 Å². The zero-order valence-corrected chi connectivity index (χ0v) is 11.4. The fourth-order valence-corrected chi connectivity index (χ4v) is 2.03. The van der Waals surface area contributed by atoms with E-state index in [1.54, 1.807) is 0 Å². The van der Waals surface area contributed by atoms with Gasteiger partial charge in [0.15, 0.2) is 0 Å². The van der Waals surface area contributed by atoms with Crippen LogP contribution in [0.2, 0.25) is 0 Å². The molecule has 1 aliphatic rings. The van der Waals surface area contributed by atoms with Crippen molar-refractivity contribution in [2.45, 2.75) is 32.7 Å². The van der Waals surface area contributed by atoms with Crippen molar-refractivity contribution >= 4 is 17.8 Å². The maximum Gasteiger partial charge on any atom is 0.312 e. The molecule has 19 heavy (non-hydrogen) atoms. The zero-order valence-electron chi connectivity index (χ0n) is 11.4. The van der Waals surface area contributed by atoms with E-state index in [9.17, 15) is 14.4 Å². The molecule has 1 rings (SSSR count). The number of nitrogens with zero attached hydrogens (tertiary/aromatic N) is 1. The number of nitrogens with one attached hydrogen (secondary N) is 2. The van der Waals surface area contributed by atoms with Gasteiger partial charge in [-0.2, -0.15) is 0 Å². The molecule has 1 heterocycles. The number of carbonyl (C=O) groups excluding carboxylic acids is 3. The summed E-state index contributed by atoms with van der Waals surface area (Å²) in [7, 11) is 0. The van der Waals surface area contributed by atoms with E-state index in [1.807, 2.05) is 13.8 Å². The molecule has 0 radical (unpaired) electrons. The number of rotatable bonds is 4. The van der Waals surface area contributed by atoms with Gasteiger partial charge < -0.3 is 21.3 Å². The predicted octanol–water partition coefficient (Wildman–Crippen LogP) is -0.582. The smallest absolute Gasteiger partial charge is 0.312 e. The molecule has 4 N–H and O–H groups in total.